The molecule has 0 saturated heterocycles. The van der Waals surface area contributed by atoms with Gasteiger partial charge in [0.2, 0.25) is 0 Å². The number of halogens is 2. The fourth-order valence-corrected chi connectivity index (χ4v) is 2.96. The van der Waals surface area contributed by atoms with Crippen molar-refractivity contribution in [2.24, 2.45) is 0 Å². The van der Waals surface area contributed by atoms with Crippen molar-refractivity contribution in [1.82, 2.24) is 0 Å². The number of nitrogens with one attached hydrogen (secondary N) is 1. The third-order valence-electron chi connectivity index (χ3n) is 2.23. The minimum atomic E-state index is -1.06. The van der Waals surface area contributed by atoms with E-state index < -0.39 is 5.97 Å². The molecule has 0 fully saturated rings. The number of rotatable bonds is 3. The maximum absolute atomic E-state index is 11.9. The van der Waals surface area contributed by atoms with Crippen molar-refractivity contribution in [2.45, 2.75) is 0 Å². The van der Waals surface area contributed by atoms with Gasteiger partial charge in [0, 0.05) is 10.2 Å². The summed E-state index contributed by atoms with van der Waals surface area (Å²) < 4.78 is 0.569. The molecule has 1 aromatic heterocycles. The first-order valence-electron chi connectivity index (χ1n) is 5.05. The van der Waals surface area contributed by atoms with Crippen LogP contribution in [-0.2, 0) is 0 Å². The van der Waals surface area contributed by atoms with Crippen molar-refractivity contribution in [3.63, 3.8) is 0 Å². The van der Waals surface area contributed by atoms with Crippen LogP contribution >= 0.6 is 38.9 Å². The monoisotopic (exact) mass is 359 g/mol. The number of amides is 1. The zero-order chi connectivity index (χ0) is 14.0. The van der Waals surface area contributed by atoms with E-state index in [1.807, 2.05) is 0 Å². The SMILES string of the molecule is O=C(O)c1cc(Br)cc(NC(=O)c2sccc2Cl)c1. The average molecular weight is 361 g/mol. The molecular weight excluding hydrogens is 354 g/mol. The number of hydrogen-bond donors (Lipinski definition) is 2. The topological polar surface area (TPSA) is 66.4 Å². The third kappa shape index (κ3) is 3.34. The van der Waals surface area contributed by atoms with Crippen molar-refractivity contribution in [3.05, 3.63) is 49.6 Å². The van der Waals surface area contributed by atoms with Crippen LogP contribution in [0.15, 0.2) is 34.1 Å². The predicted octanol–water partition coefficient (Wildman–Crippen LogP) is 4.11. The second-order valence-corrected chi connectivity index (χ2v) is 5.82. The van der Waals surface area contributed by atoms with Gasteiger partial charge in [-0.25, -0.2) is 4.79 Å². The highest BCUT2D eigenvalue weighted by molar-refractivity contribution is 9.10. The lowest BCUT2D eigenvalue weighted by molar-refractivity contribution is 0.0696. The maximum Gasteiger partial charge on any atom is 0.335 e. The van der Waals surface area contributed by atoms with Gasteiger partial charge in [0.15, 0.2) is 0 Å². The van der Waals surface area contributed by atoms with Gasteiger partial charge in [-0.05, 0) is 29.6 Å². The van der Waals surface area contributed by atoms with Crippen LogP contribution in [0.2, 0.25) is 5.02 Å². The molecule has 0 unspecified atom stereocenters. The van der Waals surface area contributed by atoms with Crippen LogP contribution in [0, 0.1) is 0 Å². The molecule has 2 aromatic rings. The quantitative estimate of drug-likeness (QED) is 0.865. The van der Waals surface area contributed by atoms with Gasteiger partial charge in [-0.1, -0.05) is 27.5 Å². The van der Waals surface area contributed by atoms with Crippen molar-refractivity contribution in [2.75, 3.05) is 5.32 Å². The molecule has 0 aliphatic carbocycles. The Labute approximate surface area is 126 Å². The zero-order valence-electron chi connectivity index (χ0n) is 9.31. The van der Waals surface area contributed by atoms with E-state index in [4.69, 9.17) is 16.7 Å². The van der Waals surface area contributed by atoms with Gasteiger partial charge in [-0.2, -0.15) is 0 Å². The van der Waals surface area contributed by atoms with Crippen LogP contribution in [0.4, 0.5) is 5.69 Å². The van der Waals surface area contributed by atoms with E-state index in [-0.39, 0.29) is 11.5 Å². The van der Waals surface area contributed by atoms with Gasteiger partial charge in [-0.15, -0.1) is 11.3 Å². The highest BCUT2D eigenvalue weighted by Crippen LogP contribution is 2.25. The molecular formula is C12H7BrClNO3S. The van der Waals surface area contributed by atoms with E-state index in [9.17, 15) is 9.59 Å². The van der Waals surface area contributed by atoms with Crippen molar-refractivity contribution in [1.29, 1.82) is 0 Å². The Morgan fingerprint density at radius 2 is 2.05 bits per heavy atom. The van der Waals surface area contributed by atoms with Gasteiger partial charge < -0.3 is 10.4 Å². The fourth-order valence-electron chi connectivity index (χ4n) is 1.43. The molecule has 2 rings (SSSR count). The number of aromatic carboxylic acids is 1. The van der Waals surface area contributed by atoms with Gasteiger partial charge >= 0.3 is 5.97 Å². The van der Waals surface area contributed by atoms with Gasteiger partial charge in [0.25, 0.3) is 5.91 Å². The number of carboxylic acids is 1. The number of carbonyl (C=O) groups is 2. The van der Waals surface area contributed by atoms with Crippen LogP contribution in [-0.4, -0.2) is 17.0 Å². The number of carboxylic acid groups (broad SMARTS) is 1. The van der Waals surface area contributed by atoms with Gasteiger partial charge in [-0.3, -0.25) is 4.79 Å². The standard InChI is InChI=1S/C12H7BrClNO3S/c13-7-3-6(12(17)18)4-8(5-7)15-11(16)10-9(14)1-2-19-10/h1-5H,(H,15,16)(H,17,18). The van der Waals surface area contributed by atoms with Crippen molar-refractivity contribution < 1.29 is 14.7 Å². The van der Waals surface area contributed by atoms with E-state index >= 15 is 0 Å². The number of carbonyl (C=O) groups excluding carboxylic acids is 1. The second kappa shape index (κ2) is 5.73. The lowest BCUT2D eigenvalue weighted by Crippen LogP contribution is -2.11. The Kier molecular flexibility index (Phi) is 4.24. The minimum absolute atomic E-state index is 0.0851. The Bertz CT molecular complexity index is 656. The van der Waals surface area contributed by atoms with Crippen molar-refractivity contribution >= 4 is 56.4 Å². The van der Waals surface area contributed by atoms with E-state index in [2.05, 4.69) is 21.2 Å². The second-order valence-electron chi connectivity index (χ2n) is 3.59. The van der Waals surface area contributed by atoms with E-state index in [0.29, 0.717) is 20.1 Å². The normalized spacial score (nSPS) is 10.2. The predicted molar refractivity (Wildman–Crippen MR) is 78.4 cm³/mol. The maximum atomic E-state index is 11.9. The molecule has 0 spiro atoms. The van der Waals surface area contributed by atoms with Gasteiger partial charge in [0.1, 0.15) is 4.88 Å². The molecule has 19 heavy (non-hydrogen) atoms. The smallest absolute Gasteiger partial charge is 0.335 e. The van der Waals surface area contributed by atoms with Crippen molar-refractivity contribution in [3.8, 4) is 0 Å². The minimum Gasteiger partial charge on any atom is -0.478 e. The first-order valence-corrected chi connectivity index (χ1v) is 7.10. The molecule has 1 heterocycles. The Morgan fingerprint density at radius 1 is 1.32 bits per heavy atom. The highest BCUT2D eigenvalue weighted by atomic mass is 79.9. The summed E-state index contributed by atoms with van der Waals surface area (Å²) in [5.74, 6) is -1.43. The summed E-state index contributed by atoms with van der Waals surface area (Å²) in [4.78, 5) is 23.2. The molecule has 0 aliphatic heterocycles. The highest BCUT2D eigenvalue weighted by Gasteiger charge is 2.13. The molecule has 1 aromatic carbocycles. The average Bonchev–Trinajstić information content (AvgIpc) is 2.74. The fraction of sp³-hybridized carbons (Fsp3) is 0. The van der Waals surface area contributed by atoms with Crippen LogP contribution in [0.5, 0.6) is 0 Å². The molecule has 4 nitrogen and oxygen atoms in total. The summed E-state index contributed by atoms with van der Waals surface area (Å²) in [5.41, 5.74) is 0.475. The molecule has 98 valence electrons. The van der Waals surface area contributed by atoms with E-state index in [0.717, 1.165) is 0 Å². The molecule has 0 aliphatic rings. The van der Waals surface area contributed by atoms with Crippen LogP contribution in [0.1, 0.15) is 20.0 Å². The summed E-state index contributed by atoms with van der Waals surface area (Å²) in [6.45, 7) is 0. The lowest BCUT2D eigenvalue weighted by atomic mass is 10.2. The number of benzene rings is 1. The first-order chi connectivity index (χ1) is 8.97. The summed E-state index contributed by atoms with van der Waals surface area (Å²) in [6, 6.07) is 6.08. The van der Waals surface area contributed by atoms with Crippen LogP contribution in [0.25, 0.3) is 0 Å². The lowest BCUT2D eigenvalue weighted by Gasteiger charge is -2.06. The summed E-state index contributed by atoms with van der Waals surface area (Å²) in [6.07, 6.45) is 0. The summed E-state index contributed by atoms with van der Waals surface area (Å²) in [7, 11) is 0. The molecule has 2 N–H and O–H groups in total. The van der Waals surface area contributed by atoms with Crippen LogP contribution < -0.4 is 5.32 Å². The molecule has 7 heteroatoms. The van der Waals surface area contributed by atoms with Gasteiger partial charge in [0.05, 0.1) is 10.6 Å². The molecule has 0 bridgehead atoms. The third-order valence-corrected chi connectivity index (χ3v) is 4.02. The Balaban J connectivity index is 2.26. The zero-order valence-corrected chi connectivity index (χ0v) is 12.5. The Morgan fingerprint density at radius 3 is 2.63 bits per heavy atom. The summed E-state index contributed by atoms with van der Waals surface area (Å²) >= 11 is 10.3. The largest absolute Gasteiger partial charge is 0.478 e. The molecule has 0 atom stereocenters. The number of hydrogen-bond acceptors (Lipinski definition) is 3. The number of anilines is 1. The first kappa shape index (κ1) is 14.0. The molecule has 0 radical (unpaired) electrons. The van der Waals surface area contributed by atoms with Crippen LogP contribution in [0.3, 0.4) is 0 Å². The summed E-state index contributed by atoms with van der Waals surface area (Å²) in [5, 5.41) is 13.6. The van der Waals surface area contributed by atoms with E-state index in [1.54, 1.807) is 17.5 Å². The molecule has 1 amide bonds. The Hall–Kier alpha value is -1.37. The molecule has 0 saturated carbocycles. The number of thiophene rings is 1. The van der Waals surface area contributed by atoms with E-state index in [1.165, 1.54) is 23.5 Å².